The van der Waals surface area contributed by atoms with E-state index in [1.165, 1.54) is 0 Å². The number of unbranched alkanes of at least 4 members (excludes halogenated alkanes) is 3. The predicted octanol–water partition coefficient (Wildman–Crippen LogP) is 1.85. The predicted molar refractivity (Wildman–Crippen MR) is 67.6 cm³/mol. The molecule has 0 aliphatic carbocycles. The van der Waals surface area contributed by atoms with E-state index in [0.717, 1.165) is 43.7 Å². The van der Waals surface area contributed by atoms with E-state index in [9.17, 15) is 4.21 Å². The molecule has 0 saturated heterocycles. The average Bonchev–Trinajstić information content (AvgIpc) is 2.25. The van der Waals surface area contributed by atoms with Gasteiger partial charge in [0.25, 0.3) is 0 Å². The lowest BCUT2D eigenvalue weighted by atomic mass is 10.2. The van der Waals surface area contributed by atoms with Crippen LogP contribution >= 0.6 is 0 Å². The van der Waals surface area contributed by atoms with Gasteiger partial charge < -0.3 is 5.73 Å². The Kier molecular flexibility index (Phi) is 9.78. The molecular weight excluding hydrogens is 208 g/mol. The van der Waals surface area contributed by atoms with Crippen molar-refractivity contribution >= 4 is 11.0 Å². The Morgan fingerprint density at radius 2 is 2.07 bits per heavy atom. The van der Waals surface area contributed by atoms with Gasteiger partial charge >= 0.3 is 0 Å². The van der Waals surface area contributed by atoms with Crippen molar-refractivity contribution in [2.45, 2.75) is 32.6 Å². The molecule has 0 aliphatic rings. The number of hydrogen-bond donors (Lipinski definition) is 2. The van der Waals surface area contributed by atoms with Gasteiger partial charge in [0.05, 0.1) is 0 Å². The van der Waals surface area contributed by atoms with Crippen molar-refractivity contribution in [3.63, 3.8) is 0 Å². The van der Waals surface area contributed by atoms with Crippen molar-refractivity contribution in [2.75, 3.05) is 13.1 Å². The molecule has 0 aromatic heterocycles. The second-order valence-electron chi connectivity index (χ2n) is 3.26. The second-order valence-corrected chi connectivity index (χ2v) is 4.56. The highest BCUT2D eigenvalue weighted by molar-refractivity contribution is 7.87. The first-order valence-corrected chi connectivity index (χ1v) is 6.55. The number of hydrogen-bond acceptors (Lipinski definition) is 2. The highest BCUT2D eigenvalue weighted by Gasteiger charge is 2.00. The van der Waals surface area contributed by atoms with Gasteiger partial charge in [-0.2, -0.15) is 0 Å². The zero-order valence-electron chi connectivity index (χ0n) is 9.50. The third-order valence-electron chi connectivity index (χ3n) is 2.06. The fourth-order valence-corrected chi connectivity index (χ4v) is 2.03. The van der Waals surface area contributed by atoms with Crippen molar-refractivity contribution in [3.05, 3.63) is 23.6 Å². The summed E-state index contributed by atoms with van der Waals surface area (Å²) in [6, 6.07) is 0. The number of nitrogens with two attached hydrogens (primary N) is 1. The lowest BCUT2D eigenvalue weighted by molar-refractivity contribution is 0.632. The van der Waals surface area contributed by atoms with Gasteiger partial charge in [-0.05, 0) is 26.3 Å². The number of nitrogens with one attached hydrogen (secondary N) is 1. The summed E-state index contributed by atoms with van der Waals surface area (Å²) >= 11 is 0. The first kappa shape index (κ1) is 14.6. The van der Waals surface area contributed by atoms with Crippen LogP contribution in [0.2, 0.25) is 0 Å². The number of allylic oxidation sites excluding steroid dienone is 2. The normalized spacial score (nSPS) is 13.9. The molecule has 0 aromatic rings. The Labute approximate surface area is 95.4 Å². The summed E-state index contributed by atoms with van der Waals surface area (Å²) in [6.07, 6.45) is 7.85. The lowest BCUT2D eigenvalue weighted by Crippen LogP contribution is -2.19. The highest BCUT2D eigenvalue weighted by Crippen LogP contribution is 2.01. The van der Waals surface area contributed by atoms with Crippen LogP contribution in [0.4, 0.5) is 0 Å². The molecule has 0 fully saturated rings. The summed E-state index contributed by atoms with van der Waals surface area (Å²) in [5.74, 6) is 0. The van der Waals surface area contributed by atoms with Crippen LogP contribution in [-0.2, 0) is 11.0 Å². The quantitative estimate of drug-likeness (QED) is 0.469. The van der Waals surface area contributed by atoms with E-state index in [0.29, 0.717) is 0 Å². The van der Waals surface area contributed by atoms with Gasteiger partial charge in [-0.3, -0.25) is 0 Å². The molecule has 0 aromatic carbocycles. The van der Waals surface area contributed by atoms with E-state index in [-0.39, 0.29) is 0 Å². The van der Waals surface area contributed by atoms with Crippen molar-refractivity contribution in [2.24, 2.45) is 5.73 Å². The Morgan fingerprint density at radius 1 is 1.40 bits per heavy atom. The van der Waals surface area contributed by atoms with Crippen molar-refractivity contribution in [1.82, 2.24) is 4.72 Å². The molecule has 0 rings (SSSR count). The molecule has 0 bridgehead atoms. The molecule has 4 heteroatoms. The zero-order valence-corrected chi connectivity index (χ0v) is 10.3. The molecule has 88 valence electrons. The summed E-state index contributed by atoms with van der Waals surface area (Å²) in [4.78, 5) is 0.747. The maximum absolute atomic E-state index is 11.5. The fraction of sp³-hybridized carbons (Fsp3) is 0.636. The third kappa shape index (κ3) is 7.48. The maximum Gasteiger partial charge on any atom is 0.124 e. The molecule has 15 heavy (non-hydrogen) atoms. The Hall–Kier alpha value is -0.450. The van der Waals surface area contributed by atoms with Crippen LogP contribution in [0.5, 0.6) is 0 Å². The molecule has 0 spiro atoms. The topological polar surface area (TPSA) is 55.1 Å². The van der Waals surface area contributed by atoms with Crippen LogP contribution in [-0.4, -0.2) is 17.3 Å². The molecule has 0 heterocycles. The summed E-state index contributed by atoms with van der Waals surface area (Å²) in [5, 5.41) is 0. The minimum absolute atomic E-state index is 0.747. The Morgan fingerprint density at radius 3 is 2.60 bits per heavy atom. The smallest absolute Gasteiger partial charge is 0.124 e. The first-order chi connectivity index (χ1) is 7.26. The monoisotopic (exact) mass is 230 g/mol. The molecule has 0 radical (unpaired) electrons. The van der Waals surface area contributed by atoms with Crippen molar-refractivity contribution in [1.29, 1.82) is 0 Å². The van der Waals surface area contributed by atoms with Gasteiger partial charge in [-0.25, -0.2) is 8.93 Å². The van der Waals surface area contributed by atoms with Crippen LogP contribution < -0.4 is 10.5 Å². The average molecular weight is 230 g/mol. The SMILES string of the molecule is C=C/C(=C/C)S(=O)NCCCCCCN. The maximum atomic E-state index is 11.5. The first-order valence-electron chi connectivity index (χ1n) is 5.40. The molecule has 0 aliphatic heterocycles. The van der Waals surface area contributed by atoms with E-state index >= 15 is 0 Å². The van der Waals surface area contributed by atoms with E-state index in [1.807, 2.05) is 13.0 Å². The Bertz CT molecular complexity index is 227. The van der Waals surface area contributed by atoms with Crippen LogP contribution in [0.15, 0.2) is 23.6 Å². The standard InChI is InChI=1S/C11H22N2OS/c1-3-11(4-2)15(14)13-10-8-6-5-7-9-12/h3-4,13H,1,5-10,12H2,2H3/b11-4-. The van der Waals surface area contributed by atoms with Crippen LogP contribution in [0.3, 0.4) is 0 Å². The highest BCUT2D eigenvalue weighted by atomic mass is 32.2. The largest absolute Gasteiger partial charge is 0.330 e. The van der Waals surface area contributed by atoms with E-state index in [4.69, 9.17) is 5.73 Å². The molecule has 0 saturated carbocycles. The molecule has 3 N–H and O–H groups in total. The van der Waals surface area contributed by atoms with Gasteiger partial charge in [-0.15, -0.1) is 0 Å². The van der Waals surface area contributed by atoms with Gasteiger partial charge in [0.15, 0.2) is 0 Å². The summed E-state index contributed by atoms with van der Waals surface area (Å²) in [5.41, 5.74) is 5.38. The summed E-state index contributed by atoms with van der Waals surface area (Å²) in [6.45, 7) is 7.01. The van der Waals surface area contributed by atoms with Gasteiger partial charge in [-0.1, -0.05) is 31.6 Å². The summed E-state index contributed by atoms with van der Waals surface area (Å²) in [7, 11) is -1.10. The van der Waals surface area contributed by atoms with Crippen molar-refractivity contribution in [3.8, 4) is 0 Å². The van der Waals surface area contributed by atoms with Crippen molar-refractivity contribution < 1.29 is 4.21 Å². The molecule has 1 unspecified atom stereocenters. The fourth-order valence-electron chi connectivity index (χ4n) is 1.17. The van der Waals surface area contributed by atoms with Gasteiger partial charge in [0.1, 0.15) is 11.0 Å². The minimum atomic E-state index is -1.10. The van der Waals surface area contributed by atoms with Crippen LogP contribution in [0, 0.1) is 0 Å². The molecule has 1 atom stereocenters. The summed E-state index contributed by atoms with van der Waals surface area (Å²) < 4.78 is 14.5. The van der Waals surface area contributed by atoms with E-state index in [2.05, 4.69) is 11.3 Å². The Balaban J connectivity index is 3.51. The number of rotatable bonds is 9. The molecule has 3 nitrogen and oxygen atoms in total. The lowest BCUT2D eigenvalue weighted by Gasteiger charge is -2.04. The zero-order chi connectivity index (χ0) is 11.5. The van der Waals surface area contributed by atoms with E-state index < -0.39 is 11.0 Å². The third-order valence-corrected chi connectivity index (χ3v) is 3.36. The van der Waals surface area contributed by atoms with Crippen LogP contribution in [0.25, 0.3) is 0 Å². The van der Waals surface area contributed by atoms with Gasteiger partial charge in [0.2, 0.25) is 0 Å². The minimum Gasteiger partial charge on any atom is -0.330 e. The van der Waals surface area contributed by atoms with E-state index in [1.54, 1.807) is 6.08 Å². The molecular formula is C11H22N2OS. The second kappa shape index (κ2) is 10.1. The van der Waals surface area contributed by atoms with Crippen LogP contribution in [0.1, 0.15) is 32.6 Å². The van der Waals surface area contributed by atoms with Gasteiger partial charge in [0, 0.05) is 11.4 Å². The molecule has 0 amide bonds.